The van der Waals surface area contributed by atoms with E-state index in [9.17, 15) is 13.2 Å². The average Bonchev–Trinajstić information content (AvgIpc) is 2.70. The van der Waals surface area contributed by atoms with Gasteiger partial charge in [-0.2, -0.15) is 0 Å². The van der Waals surface area contributed by atoms with E-state index in [1.807, 2.05) is 45.0 Å². The van der Waals surface area contributed by atoms with E-state index in [0.29, 0.717) is 0 Å². The summed E-state index contributed by atoms with van der Waals surface area (Å²) in [5.74, 6) is -0.301. The zero-order valence-corrected chi connectivity index (χ0v) is 18.5. The molecule has 0 radical (unpaired) electrons. The van der Waals surface area contributed by atoms with Crippen LogP contribution in [0.5, 0.6) is 0 Å². The first-order valence-electron chi connectivity index (χ1n) is 9.11. The van der Waals surface area contributed by atoms with Crippen LogP contribution in [0.1, 0.15) is 16.7 Å². The minimum absolute atomic E-state index is 0.0665. The third kappa shape index (κ3) is 4.80. The Morgan fingerprint density at radius 2 is 1.80 bits per heavy atom. The van der Waals surface area contributed by atoms with Gasteiger partial charge in [-0.25, -0.2) is 18.4 Å². The maximum Gasteiger partial charge on any atom is 0.234 e. The molecule has 0 aliphatic carbocycles. The number of nitrogen functional groups attached to an aromatic ring is 1. The third-order valence-electron chi connectivity index (χ3n) is 4.59. The predicted molar refractivity (Wildman–Crippen MR) is 118 cm³/mol. The van der Waals surface area contributed by atoms with Crippen LogP contribution in [0, 0.1) is 20.8 Å². The molecule has 1 aromatic heterocycles. The van der Waals surface area contributed by atoms with Crippen molar-refractivity contribution in [1.29, 1.82) is 0 Å². The molecule has 1 amide bonds. The van der Waals surface area contributed by atoms with Gasteiger partial charge in [0.15, 0.2) is 5.16 Å². The molecule has 0 unspecified atom stereocenters. The maximum absolute atomic E-state index is 12.9. The van der Waals surface area contributed by atoms with Crippen molar-refractivity contribution in [3.63, 3.8) is 0 Å². The Morgan fingerprint density at radius 1 is 1.07 bits per heavy atom. The van der Waals surface area contributed by atoms with E-state index in [0.717, 1.165) is 34.1 Å². The first kappa shape index (κ1) is 21.8. The second-order valence-corrected chi connectivity index (χ2v) is 9.66. The molecule has 0 spiro atoms. The molecule has 30 heavy (non-hydrogen) atoms. The van der Waals surface area contributed by atoms with Crippen molar-refractivity contribution in [1.82, 2.24) is 9.97 Å². The smallest absolute Gasteiger partial charge is 0.234 e. The molecular formula is C21H22N4O3S2. The van der Waals surface area contributed by atoms with E-state index in [-0.39, 0.29) is 32.4 Å². The number of nitrogens with two attached hydrogens (primary N) is 1. The van der Waals surface area contributed by atoms with Crippen LogP contribution >= 0.6 is 11.8 Å². The highest BCUT2D eigenvalue weighted by molar-refractivity contribution is 7.99. The van der Waals surface area contributed by atoms with Gasteiger partial charge in [0.1, 0.15) is 10.7 Å². The molecule has 0 aliphatic rings. The summed E-state index contributed by atoms with van der Waals surface area (Å²) in [7, 11) is -3.84. The van der Waals surface area contributed by atoms with Crippen LogP contribution in [-0.4, -0.2) is 30.0 Å². The lowest BCUT2D eigenvalue weighted by molar-refractivity contribution is -0.113. The number of hydrogen-bond donors (Lipinski definition) is 2. The summed E-state index contributed by atoms with van der Waals surface area (Å²) in [6.45, 7) is 5.65. The highest BCUT2D eigenvalue weighted by Gasteiger charge is 2.23. The van der Waals surface area contributed by atoms with Crippen molar-refractivity contribution in [3.05, 3.63) is 65.4 Å². The van der Waals surface area contributed by atoms with Gasteiger partial charge in [0.25, 0.3) is 0 Å². The number of thioether (sulfide) groups is 1. The maximum atomic E-state index is 12.9. The second kappa shape index (κ2) is 8.85. The van der Waals surface area contributed by atoms with Crippen LogP contribution in [0.3, 0.4) is 0 Å². The molecule has 1 heterocycles. The topological polar surface area (TPSA) is 115 Å². The van der Waals surface area contributed by atoms with E-state index in [2.05, 4.69) is 15.3 Å². The first-order valence-corrected chi connectivity index (χ1v) is 11.6. The largest absolute Gasteiger partial charge is 0.382 e. The summed E-state index contributed by atoms with van der Waals surface area (Å²) in [4.78, 5) is 20.3. The summed E-state index contributed by atoms with van der Waals surface area (Å²) < 4.78 is 25.8. The lowest BCUT2D eigenvalue weighted by Crippen LogP contribution is -2.15. The minimum Gasteiger partial charge on any atom is -0.382 e. The molecule has 7 nitrogen and oxygen atoms in total. The number of aromatic nitrogens is 2. The van der Waals surface area contributed by atoms with E-state index in [4.69, 9.17) is 5.73 Å². The van der Waals surface area contributed by atoms with Crippen molar-refractivity contribution in [2.75, 3.05) is 16.8 Å². The predicted octanol–water partition coefficient (Wildman–Crippen LogP) is 3.55. The molecular weight excluding hydrogens is 420 g/mol. The van der Waals surface area contributed by atoms with Crippen LogP contribution in [0.15, 0.2) is 63.6 Å². The van der Waals surface area contributed by atoms with Crippen molar-refractivity contribution in [2.45, 2.75) is 35.7 Å². The molecule has 0 aliphatic heterocycles. The van der Waals surface area contributed by atoms with Crippen LogP contribution in [0.4, 0.5) is 11.5 Å². The highest BCUT2D eigenvalue weighted by Crippen LogP contribution is 2.27. The van der Waals surface area contributed by atoms with Crippen molar-refractivity contribution in [2.24, 2.45) is 0 Å². The Hall–Kier alpha value is -2.91. The van der Waals surface area contributed by atoms with Gasteiger partial charge < -0.3 is 11.1 Å². The quantitative estimate of drug-likeness (QED) is 0.443. The third-order valence-corrected chi connectivity index (χ3v) is 7.22. The Balaban J connectivity index is 1.72. The van der Waals surface area contributed by atoms with Crippen LogP contribution in [0.2, 0.25) is 0 Å². The van der Waals surface area contributed by atoms with Gasteiger partial charge in [-0.05, 0) is 55.7 Å². The molecule has 156 valence electrons. The molecule has 3 aromatic rings. The Bertz CT molecular complexity index is 1210. The fraction of sp³-hybridized carbons (Fsp3) is 0.190. The zero-order valence-electron chi connectivity index (χ0n) is 16.8. The van der Waals surface area contributed by atoms with Gasteiger partial charge in [0, 0.05) is 5.69 Å². The normalized spacial score (nSPS) is 11.3. The number of para-hydroxylation sites is 1. The summed E-state index contributed by atoms with van der Waals surface area (Å²) in [5, 5.41) is 3.05. The molecule has 9 heteroatoms. The molecule has 0 atom stereocenters. The number of rotatable bonds is 6. The second-order valence-electron chi connectivity index (χ2n) is 6.80. The molecule has 0 saturated heterocycles. The summed E-state index contributed by atoms with van der Waals surface area (Å²) in [6.07, 6.45) is 1.19. The zero-order chi connectivity index (χ0) is 21.9. The lowest BCUT2D eigenvalue weighted by atomic mass is 10.1. The van der Waals surface area contributed by atoms with Gasteiger partial charge in [0.2, 0.25) is 15.7 Å². The molecule has 0 saturated carbocycles. The Kier molecular flexibility index (Phi) is 6.42. The SMILES string of the molecule is Cc1ccc(S(=O)(=O)c2cnc(SCC(=O)Nc3ccccc3C)nc2N)cc1C. The monoisotopic (exact) mass is 442 g/mol. The van der Waals surface area contributed by atoms with Crippen molar-refractivity contribution in [3.8, 4) is 0 Å². The highest BCUT2D eigenvalue weighted by atomic mass is 32.2. The molecule has 0 fully saturated rings. The number of amides is 1. The van der Waals surface area contributed by atoms with E-state index in [1.165, 1.54) is 12.3 Å². The number of nitrogens with zero attached hydrogens (tertiary/aromatic N) is 2. The van der Waals surface area contributed by atoms with Gasteiger partial charge in [-0.3, -0.25) is 4.79 Å². The number of benzene rings is 2. The van der Waals surface area contributed by atoms with Crippen LogP contribution < -0.4 is 11.1 Å². The van der Waals surface area contributed by atoms with E-state index in [1.54, 1.807) is 12.1 Å². The summed E-state index contributed by atoms with van der Waals surface area (Å²) >= 11 is 1.08. The van der Waals surface area contributed by atoms with Crippen molar-refractivity contribution >= 4 is 39.0 Å². The van der Waals surface area contributed by atoms with Crippen LogP contribution in [0.25, 0.3) is 0 Å². The van der Waals surface area contributed by atoms with Crippen molar-refractivity contribution < 1.29 is 13.2 Å². The number of sulfone groups is 1. The van der Waals surface area contributed by atoms with E-state index < -0.39 is 9.84 Å². The average molecular weight is 443 g/mol. The fourth-order valence-corrected chi connectivity index (χ4v) is 4.65. The Labute approximate surface area is 180 Å². The number of carbonyl (C=O) groups is 1. The van der Waals surface area contributed by atoms with E-state index >= 15 is 0 Å². The summed E-state index contributed by atoms with van der Waals surface area (Å²) in [6, 6.07) is 12.3. The number of anilines is 2. The molecule has 3 rings (SSSR count). The minimum atomic E-state index is -3.84. The molecule has 0 bridgehead atoms. The fourth-order valence-electron chi connectivity index (χ4n) is 2.68. The van der Waals surface area contributed by atoms with Gasteiger partial charge in [0.05, 0.1) is 16.8 Å². The summed E-state index contributed by atoms with van der Waals surface area (Å²) in [5.41, 5.74) is 9.47. The first-order chi connectivity index (χ1) is 14.2. The number of aryl methyl sites for hydroxylation is 3. The molecule has 3 N–H and O–H groups in total. The van der Waals surface area contributed by atoms with Gasteiger partial charge in [-0.15, -0.1) is 0 Å². The standard InChI is InChI=1S/C21H22N4O3S2/c1-13-8-9-16(10-15(13)3)30(27,28)18-11-23-21(25-20(18)22)29-12-19(26)24-17-7-5-4-6-14(17)2/h4-11H,12H2,1-3H3,(H,24,26)(H2,22,23,25). The number of hydrogen-bond acceptors (Lipinski definition) is 7. The molecule has 2 aromatic carbocycles. The van der Waals surface area contributed by atoms with Gasteiger partial charge in [-0.1, -0.05) is 36.0 Å². The number of carbonyl (C=O) groups excluding carboxylic acids is 1. The Morgan fingerprint density at radius 3 is 2.47 bits per heavy atom. The van der Waals surface area contributed by atoms with Crippen LogP contribution in [-0.2, 0) is 14.6 Å². The lowest BCUT2D eigenvalue weighted by Gasteiger charge is -2.10. The van der Waals surface area contributed by atoms with Gasteiger partial charge >= 0.3 is 0 Å². The number of nitrogens with one attached hydrogen (secondary N) is 1.